The van der Waals surface area contributed by atoms with Gasteiger partial charge in [0.2, 0.25) is 0 Å². The van der Waals surface area contributed by atoms with Crippen LogP contribution in [0.15, 0.2) is 63.4 Å². The van der Waals surface area contributed by atoms with Crippen molar-refractivity contribution in [1.29, 1.82) is 0 Å². The highest BCUT2D eigenvalue weighted by Crippen LogP contribution is 2.24. The van der Waals surface area contributed by atoms with Crippen LogP contribution in [0.4, 0.5) is 14.5 Å². The van der Waals surface area contributed by atoms with E-state index in [2.05, 4.69) is 25.7 Å². The number of ether oxygens (including phenoxy) is 1. The Hall–Kier alpha value is -2.03. The quantitative estimate of drug-likeness (QED) is 0.597. The number of halogens is 3. The Balaban J connectivity index is 1.96. The van der Waals surface area contributed by atoms with Crippen LogP contribution in [-0.2, 0) is 6.54 Å². The number of benzene rings is 2. The number of hydrogen-bond donors (Lipinski definition) is 1. The van der Waals surface area contributed by atoms with Crippen molar-refractivity contribution in [2.45, 2.75) is 13.2 Å². The summed E-state index contributed by atoms with van der Waals surface area (Å²) in [6, 6.07) is 14.0. The van der Waals surface area contributed by atoms with E-state index in [-0.39, 0.29) is 12.4 Å². The maximum atomic E-state index is 12.2. The van der Waals surface area contributed by atoms with Crippen LogP contribution >= 0.6 is 27.3 Å². The van der Waals surface area contributed by atoms with Gasteiger partial charge in [-0.1, -0.05) is 28.1 Å². The summed E-state index contributed by atoms with van der Waals surface area (Å²) in [6.07, 6.45) is 0. The molecule has 4 nitrogen and oxygen atoms in total. The Morgan fingerprint density at radius 2 is 1.81 bits per heavy atom. The van der Waals surface area contributed by atoms with Gasteiger partial charge in [-0.2, -0.15) is 8.78 Å². The van der Waals surface area contributed by atoms with Gasteiger partial charge >= 0.3 is 6.61 Å². The molecule has 1 heterocycles. The minimum atomic E-state index is -2.85. The van der Waals surface area contributed by atoms with E-state index in [1.165, 1.54) is 23.5 Å². The number of aromatic nitrogens is 1. The second kappa shape index (κ2) is 8.57. The highest BCUT2D eigenvalue weighted by atomic mass is 79.9. The number of hydrogen-bond acceptors (Lipinski definition) is 4. The maximum Gasteiger partial charge on any atom is 0.387 e. The lowest BCUT2D eigenvalue weighted by Crippen LogP contribution is -2.17. The van der Waals surface area contributed by atoms with Crippen molar-refractivity contribution >= 4 is 33.0 Å². The lowest BCUT2D eigenvalue weighted by atomic mass is 10.2. The average Bonchev–Trinajstić information content (AvgIpc) is 3.00. The van der Waals surface area contributed by atoms with Crippen molar-refractivity contribution in [3.8, 4) is 17.0 Å². The largest absolute Gasteiger partial charge is 0.435 e. The minimum Gasteiger partial charge on any atom is -0.435 e. The second-order valence-electron chi connectivity index (χ2n) is 5.27. The van der Waals surface area contributed by atoms with Crippen molar-refractivity contribution in [3.05, 3.63) is 63.2 Å². The summed E-state index contributed by atoms with van der Waals surface area (Å²) < 4.78 is 31.7. The number of nitrogens with zero attached hydrogens (tertiary/aromatic N) is 2. The SMILES string of the molecule is OCCn1c(-c2ccc(Br)cc2)csc1=Nc1ccc(OC(F)F)cc1. The minimum absolute atomic E-state index is 0.0192. The first-order valence-electron chi connectivity index (χ1n) is 7.71. The second-order valence-corrected chi connectivity index (χ2v) is 7.02. The van der Waals surface area contributed by atoms with Gasteiger partial charge in [-0.15, -0.1) is 11.3 Å². The van der Waals surface area contributed by atoms with E-state index in [1.807, 2.05) is 34.2 Å². The van der Waals surface area contributed by atoms with Crippen LogP contribution in [0.3, 0.4) is 0 Å². The van der Waals surface area contributed by atoms with Crippen LogP contribution in [0.1, 0.15) is 0 Å². The molecular weight excluding hydrogens is 426 g/mol. The Morgan fingerprint density at radius 1 is 1.12 bits per heavy atom. The molecular formula is C18H15BrF2N2O2S. The zero-order chi connectivity index (χ0) is 18.5. The van der Waals surface area contributed by atoms with E-state index in [9.17, 15) is 13.9 Å². The van der Waals surface area contributed by atoms with E-state index >= 15 is 0 Å². The number of aliphatic hydroxyl groups is 1. The van der Waals surface area contributed by atoms with E-state index in [1.54, 1.807) is 12.1 Å². The molecule has 0 aliphatic heterocycles. The first-order chi connectivity index (χ1) is 12.6. The molecule has 136 valence electrons. The molecule has 0 saturated heterocycles. The predicted octanol–water partition coefficient (Wildman–Crippen LogP) is 4.81. The lowest BCUT2D eigenvalue weighted by Gasteiger charge is -2.08. The first kappa shape index (κ1) is 18.8. The van der Waals surface area contributed by atoms with Crippen molar-refractivity contribution in [3.63, 3.8) is 0 Å². The topological polar surface area (TPSA) is 46.8 Å². The van der Waals surface area contributed by atoms with E-state index in [4.69, 9.17) is 0 Å². The van der Waals surface area contributed by atoms with Gasteiger partial charge in [-0.25, -0.2) is 4.99 Å². The van der Waals surface area contributed by atoms with Gasteiger partial charge in [0.05, 0.1) is 18.0 Å². The normalized spacial score (nSPS) is 12.0. The molecule has 0 amide bonds. The van der Waals surface area contributed by atoms with E-state index < -0.39 is 6.61 Å². The molecule has 0 bridgehead atoms. The molecule has 0 aliphatic rings. The number of thiazole rings is 1. The molecule has 0 unspecified atom stereocenters. The fraction of sp³-hybridized carbons (Fsp3) is 0.167. The zero-order valence-corrected chi connectivity index (χ0v) is 15.9. The Bertz CT molecular complexity index is 922. The zero-order valence-electron chi connectivity index (χ0n) is 13.5. The summed E-state index contributed by atoms with van der Waals surface area (Å²) in [7, 11) is 0. The third-order valence-electron chi connectivity index (χ3n) is 3.55. The highest BCUT2D eigenvalue weighted by Gasteiger charge is 2.08. The van der Waals surface area contributed by atoms with Gasteiger partial charge in [-0.05, 0) is 42.0 Å². The standard InChI is InChI=1S/C18H15BrF2N2O2S/c19-13-3-1-12(2-4-13)16-11-26-18(23(16)9-10-24)22-14-5-7-15(8-6-14)25-17(20)21/h1-8,11,17,24H,9-10H2. The van der Waals surface area contributed by atoms with E-state index in [0.29, 0.717) is 17.0 Å². The number of rotatable bonds is 6. The van der Waals surface area contributed by atoms with Crippen LogP contribution in [0.25, 0.3) is 11.3 Å². The monoisotopic (exact) mass is 440 g/mol. The molecule has 1 N–H and O–H groups in total. The molecule has 26 heavy (non-hydrogen) atoms. The third-order valence-corrected chi connectivity index (χ3v) is 4.94. The van der Waals surface area contributed by atoms with Crippen molar-refractivity contribution in [1.82, 2.24) is 4.57 Å². The molecule has 0 saturated carbocycles. The fourth-order valence-electron chi connectivity index (χ4n) is 2.40. The lowest BCUT2D eigenvalue weighted by molar-refractivity contribution is -0.0498. The number of alkyl halides is 2. The molecule has 1 aromatic heterocycles. The molecule has 0 fully saturated rings. The Kier molecular flexibility index (Phi) is 6.18. The summed E-state index contributed by atoms with van der Waals surface area (Å²) >= 11 is 4.86. The number of aliphatic hydroxyl groups excluding tert-OH is 1. The van der Waals surface area contributed by atoms with Crippen LogP contribution < -0.4 is 9.54 Å². The Morgan fingerprint density at radius 3 is 2.42 bits per heavy atom. The third kappa shape index (κ3) is 4.57. The Labute approximate surface area is 161 Å². The molecule has 2 aromatic carbocycles. The van der Waals surface area contributed by atoms with Gasteiger partial charge < -0.3 is 14.4 Å². The van der Waals surface area contributed by atoms with Crippen LogP contribution in [0.2, 0.25) is 0 Å². The summed E-state index contributed by atoms with van der Waals surface area (Å²) in [6.45, 7) is -2.47. The van der Waals surface area contributed by atoms with Crippen LogP contribution in [-0.4, -0.2) is 22.9 Å². The van der Waals surface area contributed by atoms with E-state index in [0.717, 1.165) is 15.7 Å². The van der Waals surface area contributed by atoms with Gasteiger partial charge in [0, 0.05) is 16.4 Å². The smallest absolute Gasteiger partial charge is 0.387 e. The molecule has 8 heteroatoms. The maximum absolute atomic E-state index is 12.2. The van der Waals surface area contributed by atoms with Crippen LogP contribution in [0.5, 0.6) is 5.75 Å². The van der Waals surface area contributed by atoms with Gasteiger partial charge in [0.25, 0.3) is 0 Å². The summed E-state index contributed by atoms with van der Waals surface area (Å²) in [5.74, 6) is 0.0870. The molecule has 3 aromatic rings. The van der Waals surface area contributed by atoms with Gasteiger partial charge in [0.15, 0.2) is 4.80 Å². The van der Waals surface area contributed by atoms with Crippen molar-refractivity contribution < 1.29 is 18.6 Å². The first-order valence-corrected chi connectivity index (χ1v) is 9.39. The molecule has 0 spiro atoms. The van der Waals surface area contributed by atoms with Crippen molar-refractivity contribution in [2.75, 3.05) is 6.61 Å². The van der Waals surface area contributed by atoms with Gasteiger partial charge in [0.1, 0.15) is 5.75 Å². The summed E-state index contributed by atoms with van der Waals surface area (Å²) in [5, 5.41) is 11.4. The summed E-state index contributed by atoms with van der Waals surface area (Å²) in [4.78, 5) is 5.27. The molecule has 3 rings (SSSR count). The molecule has 0 radical (unpaired) electrons. The van der Waals surface area contributed by atoms with Crippen molar-refractivity contribution in [2.24, 2.45) is 4.99 Å². The highest BCUT2D eigenvalue weighted by molar-refractivity contribution is 9.10. The molecule has 0 atom stereocenters. The molecule has 0 aliphatic carbocycles. The predicted molar refractivity (Wildman–Crippen MR) is 101 cm³/mol. The van der Waals surface area contributed by atoms with Gasteiger partial charge in [-0.3, -0.25) is 0 Å². The fourth-order valence-corrected chi connectivity index (χ4v) is 3.62. The average molecular weight is 441 g/mol. The van der Waals surface area contributed by atoms with Crippen LogP contribution in [0, 0.1) is 0 Å². The summed E-state index contributed by atoms with van der Waals surface area (Å²) in [5.41, 5.74) is 2.58.